The number of anilines is 3. The van der Waals surface area contributed by atoms with E-state index in [4.69, 9.17) is 19.9 Å². The lowest BCUT2D eigenvalue weighted by Crippen LogP contribution is -2.56. The Kier molecular flexibility index (Phi) is 17.2. The molecule has 6 aliphatic rings. The van der Waals surface area contributed by atoms with Gasteiger partial charge in [-0.3, -0.25) is 14.7 Å². The molecule has 3 aromatic rings. The Morgan fingerprint density at radius 1 is 0.563 bits per heavy atom. The smallest absolute Gasteiger partial charge is 0.410 e. The molecule has 9 rings (SSSR count). The number of rotatable bonds is 4. The normalized spacial score (nSPS) is 23.2. The van der Waals surface area contributed by atoms with Crippen LogP contribution in [0.3, 0.4) is 0 Å². The molecule has 0 aliphatic carbocycles. The van der Waals surface area contributed by atoms with Crippen LogP contribution >= 0.6 is 15.9 Å². The van der Waals surface area contributed by atoms with Gasteiger partial charge in [-0.05, 0) is 161 Å². The monoisotopic (exact) mass is 1050 g/mol. The summed E-state index contributed by atoms with van der Waals surface area (Å²) in [7, 11) is 0. The Labute approximate surface area is 423 Å². The average molecular weight is 1050 g/mol. The number of aromatic nitrogens is 3. The standard InChI is InChI=1S/C16H22N4O4.C16H24N4O2.C11H20N2O2.C5H3BrN2O2/c1-16(2,3)24-15(21)19-12-4-5-13(19)10-18(9-12)11-6-7-14(17-8-11)20(22)23;1-16(2,3)22-15(21)20-12-4-5-13(20)10-19(9-12)11-6-7-14(17)18-8-11;1-11(2,3)15-10(14)13-8-4-5-9(13)7-12-6-8;6-4-1-2-5(7-3-4)8(9)10/h6-8,12-13H,4-5,9-10H2,1-3H3;6-8,12-13H,4-5,9-10H2,1-3H3,(H2,17,18);8-9,12H,4-7H2,1-3H3;1-3H. The first-order valence-corrected chi connectivity index (χ1v) is 24.9. The van der Waals surface area contributed by atoms with Crippen molar-refractivity contribution in [1.29, 1.82) is 0 Å². The van der Waals surface area contributed by atoms with E-state index < -0.39 is 21.0 Å². The summed E-state index contributed by atoms with van der Waals surface area (Å²) in [6, 6.07) is 11.2. The Morgan fingerprint density at radius 3 is 1.21 bits per heavy atom. The minimum atomic E-state index is -0.535. The highest BCUT2D eigenvalue weighted by Gasteiger charge is 2.46. The Morgan fingerprint density at radius 2 is 0.901 bits per heavy atom. The van der Waals surface area contributed by atoms with Crippen molar-refractivity contribution < 1.29 is 38.4 Å². The lowest BCUT2D eigenvalue weighted by atomic mass is 10.1. The molecule has 0 saturated carbocycles. The second-order valence-electron chi connectivity index (χ2n) is 21.5. The molecule has 6 unspecified atom stereocenters. The number of nitrogens with zero attached hydrogens (tertiary/aromatic N) is 10. The summed E-state index contributed by atoms with van der Waals surface area (Å²) in [5, 5.41) is 24.1. The van der Waals surface area contributed by atoms with Crippen LogP contribution in [-0.4, -0.2) is 150 Å². The number of fused-ring (bicyclic) bond motifs is 6. The van der Waals surface area contributed by atoms with Crippen molar-refractivity contribution in [1.82, 2.24) is 35.0 Å². The van der Waals surface area contributed by atoms with Crippen LogP contribution in [0.1, 0.15) is 101 Å². The van der Waals surface area contributed by atoms with Gasteiger partial charge in [-0.25, -0.2) is 19.4 Å². The molecule has 0 aromatic carbocycles. The van der Waals surface area contributed by atoms with Crippen LogP contribution in [0.25, 0.3) is 0 Å². The number of carbonyl (C=O) groups is 3. The maximum atomic E-state index is 12.4. The number of carbonyl (C=O) groups excluding carboxylic acids is 3. The molecule has 6 fully saturated rings. The number of nitrogen functional groups attached to an aromatic ring is 1. The van der Waals surface area contributed by atoms with E-state index in [9.17, 15) is 34.6 Å². The number of nitrogens with two attached hydrogens (primary N) is 1. The minimum Gasteiger partial charge on any atom is -0.444 e. The van der Waals surface area contributed by atoms with Crippen LogP contribution in [0, 0.1) is 20.2 Å². The van der Waals surface area contributed by atoms with E-state index in [-0.39, 0.29) is 59.7 Å². The fourth-order valence-electron chi connectivity index (χ4n) is 9.58. The van der Waals surface area contributed by atoms with Crippen LogP contribution < -0.4 is 20.9 Å². The van der Waals surface area contributed by atoms with Gasteiger partial charge in [0, 0.05) is 63.5 Å². The first-order chi connectivity index (χ1) is 33.2. The summed E-state index contributed by atoms with van der Waals surface area (Å²) >= 11 is 3.11. The van der Waals surface area contributed by atoms with Gasteiger partial charge in [0.15, 0.2) is 12.4 Å². The van der Waals surface area contributed by atoms with E-state index >= 15 is 0 Å². The summed E-state index contributed by atoms with van der Waals surface area (Å²) in [4.78, 5) is 78.2. The van der Waals surface area contributed by atoms with Gasteiger partial charge in [0.25, 0.3) is 0 Å². The zero-order valence-corrected chi connectivity index (χ0v) is 43.7. The van der Waals surface area contributed by atoms with Gasteiger partial charge in [-0.15, -0.1) is 0 Å². The Balaban J connectivity index is 0.000000162. The maximum absolute atomic E-state index is 12.4. The molecule has 71 heavy (non-hydrogen) atoms. The van der Waals surface area contributed by atoms with E-state index in [0.717, 1.165) is 80.6 Å². The van der Waals surface area contributed by atoms with Crippen molar-refractivity contribution in [2.24, 2.45) is 0 Å². The van der Waals surface area contributed by atoms with Crippen LogP contribution in [0.5, 0.6) is 0 Å². The van der Waals surface area contributed by atoms with Gasteiger partial charge in [0.05, 0.1) is 46.2 Å². The van der Waals surface area contributed by atoms with Crippen LogP contribution in [-0.2, 0) is 14.2 Å². The molecule has 3 aromatic heterocycles. The molecular weight excluding hydrogens is 985 g/mol. The summed E-state index contributed by atoms with van der Waals surface area (Å²) in [5.41, 5.74) is 6.22. The number of ether oxygens (including phenoxy) is 3. The molecule has 6 saturated heterocycles. The van der Waals surface area contributed by atoms with Crippen LogP contribution in [0.15, 0.2) is 59.5 Å². The molecule has 0 spiro atoms. The molecule has 6 bridgehead atoms. The molecule has 0 radical (unpaired) electrons. The van der Waals surface area contributed by atoms with E-state index in [2.05, 4.69) is 46.0 Å². The van der Waals surface area contributed by atoms with Crippen LogP contribution in [0.2, 0.25) is 0 Å². The van der Waals surface area contributed by atoms with Crippen molar-refractivity contribution in [3.8, 4) is 0 Å². The second kappa shape index (κ2) is 22.5. The molecule has 388 valence electrons. The van der Waals surface area contributed by atoms with Crippen LogP contribution in [0.4, 0.5) is 43.2 Å². The third kappa shape index (κ3) is 15.0. The van der Waals surface area contributed by atoms with E-state index in [1.54, 1.807) is 18.3 Å². The zero-order chi connectivity index (χ0) is 52.0. The molecule has 22 nitrogen and oxygen atoms in total. The molecule has 6 atom stereocenters. The first kappa shape index (κ1) is 54.2. The van der Waals surface area contributed by atoms with Crippen molar-refractivity contribution in [2.75, 3.05) is 54.8 Å². The van der Waals surface area contributed by atoms with Gasteiger partial charge < -0.3 is 55.3 Å². The maximum Gasteiger partial charge on any atom is 0.410 e. The first-order valence-electron chi connectivity index (χ1n) is 24.1. The second-order valence-corrected chi connectivity index (χ2v) is 22.4. The highest BCUT2D eigenvalue weighted by atomic mass is 79.9. The highest BCUT2D eigenvalue weighted by molar-refractivity contribution is 9.10. The number of nitro groups is 2. The fourth-order valence-corrected chi connectivity index (χ4v) is 9.81. The lowest BCUT2D eigenvalue weighted by Gasteiger charge is -2.42. The molecule has 3 N–H and O–H groups in total. The van der Waals surface area contributed by atoms with E-state index in [1.165, 1.54) is 24.5 Å². The van der Waals surface area contributed by atoms with Gasteiger partial charge >= 0.3 is 29.9 Å². The number of pyridine rings is 3. The summed E-state index contributed by atoms with van der Waals surface area (Å²) in [6.07, 6.45) is 10.3. The molecule has 23 heteroatoms. The average Bonchev–Trinajstić information content (AvgIpc) is 3.82. The highest BCUT2D eigenvalue weighted by Crippen LogP contribution is 2.36. The van der Waals surface area contributed by atoms with Gasteiger partial charge in [-0.1, -0.05) is 0 Å². The third-order valence-electron chi connectivity index (χ3n) is 12.5. The predicted molar refractivity (Wildman–Crippen MR) is 270 cm³/mol. The Bertz CT molecular complexity index is 2280. The largest absolute Gasteiger partial charge is 0.444 e. The van der Waals surface area contributed by atoms with Gasteiger partial charge in [-0.2, -0.15) is 0 Å². The SMILES string of the molecule is CC(C)(C)OC(=O)N1C2CCC1CN(c1ccc(N)nc1)C2.CC(C)(C)OC(=O)N1C2CCC1CN(c1ccc([N+](=O)[O-])nc1)C2.CC(C)(C)OC(=O)N1C2CCC1CNC2.O=[N+]([O-])c1ccc(Br)cn1. The molecule has 9 heterocycles. The van der Waals surface area contributed by atoms with E-state index in [1.807, 2.05) is 89.1 Å². The number of piperazine rings is 3. The molecule has 6 aliphatic heterocycles. The van der Waals surface area contributed by atoms with Gasteiger partial charge in [0.1, 0.15) is 22.6 Å². The van der Waals surface area contributed by atoms with Crippen molar-refractivity contribution in [3.63, 3.8) is 0 Å². The molecule has 3 amide bonds. The topological polar surface area (TPSA) is 258 Å². The number of hydrogen-bond acceptors (Lipinski definition) is 17. The summed E-state index contributed by atoms with van der Waals surface area (Å²) in [5.74, 6) is 0.233. The minimum absolute atomic E-state index is 0.105. The molecular formula is C48H69BrN12O10. The third-order valence-corrected chi connectivity index (χ3v) is 12.9. The number of hydrogen-bond donors (Lipinski definition) is 2. The predicted octanol–water partition coefficient (Wildman–Crippen LogP) is 7.94. The number of nitrogens with one attached hydrogen (secondary N) is 1. The van der Waals surface area contributed by atoms with Crippen molar-refractivity contribution >= 4 is 63.0 Å². The van der Waals surface area contributed by atoms with E-state index in [0.29, 0.717) is 31.0 Å². The lowest BCUT2D eigenvalue weighted by molar-refractivity contribution is -0.389. The van der Waals surface area contributed by atoms with Crippen molar-refractivity contribution in [2.45, 2.75) is 154 Å². The fraction of sp³-hybridized carbons (Fsp3) is 0.625. The van der Waals surface area contributed by atoms with Gasteiger partial charge in [0.2, 0.25) is 0 Å². The zero-order valence-electron chi connectivity index (χ0n) is 42.2. The Hall–Kier alpha value is -6.10. The number of amides is 3. The summed E-state index contributed by atoms with van der Waals surface area (Å²) < 4.78 is 17.2. The van der Waals surface area contributed by atoms with Crippen molar-refractivity contribution in [3.05, 3.63) is 79.7 Å². The summed E-state index contributed by atoms with van der Waals surface area (Å²) in [6.45, 7) is 21.9. The quantitative estimate of drug-likeness (QED) is 0.143. The number of halogens is 1.